The second-order valence-electron chi connectivity index (χ2n) is 7.50. The molecule has 146 valence electrons. The van der Waals surface area contributed by atoms with Crippen molar-refractivity contribution in [2.24, 2.45) is 0 Å². The third kappa shape index (κ3) is 3.28. The van der Waals surface area contributed by atoms with E-state index in [0.29, 0.717) is 31.2 Å². The highest BCUT2D eigenvalue weighted by atomic mass is 32.2. The smallest absolute Gasteiger partial charge is 0.231 e. The summed E-state index contributed by atoms with van der Waals surface area (Å²) in [6, 6.07) is 11.8. The third-order valence-corrected chi connectivity index (χ3v) is 7.52. The van der Waals surface area contributed by atoms with E-state index >= 15 is 0 Å². The maximum atomic E-state index is 12.4. The van der Waals surface area contributed by atoms with Crippen LogP contribution in [0.25, 0.3) is 11.4 Å². The monoisotopic (exact) mass is 397 g/mol. The van der Waals surface area contributed by atoms with Gasteiger partial charge >= 0.3 is 0 Å². The molecule has 0 bridgehead atoms. The van der Waals surface area contributed by atoms with Crippen LogP contribution in [0.4, 0.5) is 11.6 Å². The van der Waals surface area contributed by atoms with Crippen LogP contribution in [0.1, 0.15) is 18.4 Å². The normalized spacial score (nSPS) is 15.4. The van der Waals surface area contributed by atoms with Gasteiger partial charge in [0.25, 0.3) is 0 Å². The number of nitrogens with zero attached hydrogens (tertiary/aromatic N) is 5. The summed E-state index contributed by atoms with van der Waals surface area (Å²) >= 11 is 0. The van der Waals surface area contributed by atoms with Crippen molar-refractivity contribution in [3.05, 3.63) is 54.4 Å². The maximum Gasteiger partial charge on any atom is 0.231 e. The molecule has 1 aromatic carbocycles. The van der Waals surface area contributed by atoms with Crippen LogP contribution in [0.5, 0.6) is 0 Å². The number of hydrogen-bond donors (Lipinski definition) is 0. The highest BCUT2D eigenvalue weighted by Crippen LogP contribution is 2.46. The molecule has 3 aromatic rings. The van der Waals surface area contributed by atoms with E-state index < -0.39 is 14.6 Å². The number of sulfone groups is 1. The Morgan fingerprint density at radius 2 is 1.86 bits per heavy atom. The molecule has 0 spiro atoms. The van der Waals surface area contributed by atoms with Gasteiger partial charge in [0.2, 0.25) is 5.95 Å². The number of benzene rings is 1. The Hall–Kier alpha value is -2.74. The highest BCUT2D eigenvalue weighted by molar-refractivity contribution is 7.92. The van der Waals surface area contributed by atoms with Gasteiger partial charge in [-0.05, 0) is 44.0 Å². The Bertz CT molecular complexity index is 1090. The molecule has 1 fully saturated rings. The Morgan fingerprint density at radius 1 is 1.14 bits per heavy atom. The van der Waals surface area contributed by atoms with Crippen LogP contribution in [-0.2, 0) is 16.4 Å². The molecule has 0 unspecified atom stereocenters. The van der Waals surface area contributed by atoms with Crippen LogP contribution in [0.2, 0.25) is 0 Å². The average molecular weight is 398 g/mol. The van der Waals surface area contributed by atoms with Crippen LogP contribution in [0, 0.1) is 6.92 Å². The summed E-state index contributed by atoms with van der Waals surface area (Å²) in [6.07, 6.45) is 6.05. The minimum absolute atomic E-state index is 0.328. The summed E-state index contributed by atoms with van der Waals surface area (Å²) in [5.41, 5.74) is 2.94. The predicted molar refractivity (Wildman–Crippen MR) is 109 cm³/mol. The molecule has 0 atom stereocenters. The number of aromatic nitrogens is 4. The SMILES string of the molecule is Cc1ccc(N(C)c2nnc(-c3cccnc3)n2CC2(S(C)(=O)=O)CC2)cc1. The second kappa shape index (κ2) is 6.70. The first-order valence-corrected chi connectivity index (χ1v) is 11.0. The van der Waals surface area contributed by atoms with Crippen LogP contribution in [0.3, 0.4) is 0 Å². The standard InChI is InChI=1S/C20H23N5O2S/c1-15-6-8-17(9-7-15)24(2)19-23-22-18(16-5-4-12-21-13-16)25(19)14-20(10-11-20)28(3,26)27/h4-9,12-13H,10-11,14H2,1-3H3. The van der Waals surface area contributed by atoms with Crippen molar-refractivity contribution in [1.82, 2.24) is 19.7 Å². The van der Waals surface area contributed by atoms with Crippen molar-refractivity contribution in [2.45, 2.75) is 31.1 Å². The van der Waals surface area contributed by atoms with E-state index in [1.54, 1.807) is 12.4 Å². The quantitative estimate of drug-likeness (QED) is 0.636. The molecule has 4 rings (SSSR count). The summed E-state index contributed by atoms with van der Waals surface area (Å²) in [5.74, 6) is 1.23. The van der Waals surface area contributed by atoms with Gasteiger partial charge in [0.05, 0.1) is 4.75 Å². The first-order valence-electron chi connectivity index (χ1n) is 9.14. The largest absolute Gasteiger partial charge is 0.314 e. The van der Waals surface area contributed by atoms with Crippen LogP contribution in [-0.4, -0.2) is 46.2 Å². The number of rotatable bonds is 6. The molecule has 0 N–H and O–H groups in total. The van der Waals surface area contributed by atoms with E-state index in [9.17, 15) is 8.42 Å². The molecular formula is C20H23N5O2S. The Balaban J connectivity index is 1.81. The molecule has 1 saturated carbocycles. The predicted octanol–water partition coefficient (Wildman–Crippen LogP) is 2.99. The zero-order chi connectivity index (χ0) is 19.9. The van der Waals surface area contributed by atoms with E-state index in [2.05, 4.69) is 15.2 Å². The van der Waals surface area contributed by atoms with Crippen LogP contribution in [0.15, 0.2) is 48.8 Å². The minimum atomic E-state index is -3.19. The van der Waals surface area contributed by atoms with Gasteiger partial charge in [0.15, 0.2) is 15.7 Å². The van der Waals surface area contributed by atoms with Gasteiger partial charge in [-0.15, -0.1) is 10.2 Å². The van der Waals surface area contributed by atoms with E-state index in [1.807, 2.05) is 59.8 Å². The molecule has 0 amide bonds. The molecule has 2 aromatic heterocycles. The van der Waals surface area contributed by atoms with Crippen molar-refractivity contribution in [3.8, 4) is 11.4 Å². The number of anilines is 2. The van der Waals surface area contributed by atoms with Crippen molar-refractivity contribution < 1.29 is 8.42 Å². The van der Waals surface area contributed by atoms with E-state index in [1.165, 1.54) is 11.8 Å². The molecule has 0 radical (unpaired) electrons. The summed E-state index contributed by atoms with van der Waals surface area (Å²) in [6.45, 7) is 2.37. The van der Waals surface area contributed by atoms with E-state index in [4.69, 9.17) is 0 Å². The number of aryl methyl sites for hydroxylation is 1. The van der Waals surface area contributed by atoms with Crippen molar-refractivity contribution in [1.29, 1.82) is 0 Å². The van der Waals surface area contributed by atoms with Gasteiger partial charge in [0, 0.05) is 43.5 Å². The van der Waals surface area contributed by atoms with Gasteiger partial charge in [-0.2, -0.15) is 0 Å². The van der Waals surface area contributed by atoms with Crippen LogP contribution < -0.4 is 4.90 Å². The van der Waals surface area contributed by atoms with E-state index in [-0.39, 0.29) is 0 Å². The summed E-state index contributed by atoms with van der Waals surface area (Å²) < 4.78 is 26.0. The Morgan fingerprint density at radius 3 is 2.43 bits per heavy atom. The lowest BCUT2D eigenvalue weighted by molar-refractivity contribution is 0.558. The Kier molecular flexibility index (Phi) is 4.45. The van der Waals surface area contributed by atoms with Gasteiger partial charge in [-0.25, -0.2) is 8.42 Å². The summed E-state index contributed by atoms with van der Waals surface area (Å²) in [5, 5.41) is 8.78. The fourth-order valence-corrected chi connectivity index (χ4v) is 4.56. The molecule has 0 saturated heterocycles. The Labute approximate surface area is 165 Å². The van der Waals surface area contributed by atoms with Crippen LogP contribution >= 0.6 is 0 Å². The average Bonchev–Trinajstić information content (AvgIpc) is 3.35. The summed E-state index contributed by atoms with van der Waals surface area (Å²) in [7, 11) is -1.27. The lowest BCUT2D eigenvalue weighted by Gasteiger charge is -2.22. The topological polar surface area (TPSA) is 81.0 Å². The summed E-state index contributed by atoms with van der Waals surface area (Å²) in [4.78, 5) is 6.11. The third-order valence-electron chi connectivity index (χ3n) is 5.41. The lowest BCUT2D eigenvalue weighted by Crippen LogP contribution is -2.29. The van der Waals surface area contributed by atoms with Crippen molar-refractivity contribution in [3.63, 3.8) is 0 Å². The molecule has 7 nitrogen and oxygen atoms in total. The first-order chi connectivity index (χ1) is 13.3. The number of hydrogen-bond acceptors (Lipinski definition) is 6. The maximum absolute atomic E-state index is 12.4. The fourth-order valence-electron chi connectivity index (χ4n) is 3.35. The molecule has 2 heterocycles. The molecule has 0 aliphatic heterocycles. The molecular weight excluding hydrogens is 374 g/mol. The van der Waals surface area contributed by atoms with Gasteiger partial charge in [0.1, 0.15) is 0 Å². The van der Waals surface area contributed by atoms with Gasteiger partial charge < -0.3 is 4.90 Å². The zero-order valence-corrected chi connectivity index (χ0v) is 17.0. The van der Waals surface area contributed by atoms with Gasteiger partial charge in [-0.1, -0.05) is 17.7 Å². The van der Waals surface area contributed by atoms with Crippen molar-refractivity contribution in [2.75, 3.05) is 18.2 Å². The lowest BCUT2D eigenvalue weighted by atomic mass is 10.2. The molecule has 8 heteroatoms. The minimum Gasteiger partial charge on any atom is -0.314 e. The van der Waals surface area contributed by atoms with E-state index in [0.717, 1.165) is 11.3 Å². The van der Waals surface area contributed by atoms with Crippen molar-refractivity contribution >= 4 is 21.5 Å². The molecule has 1 aliphatic carbocycles. The molecule has 28 heavy (non-hydrogen) atoms. The zero-order valence-electron chi connectivity index (χ0n) is 16.2. The van der Waals surface area contributed by atoms with Gasteiger partial charge in [-0.3, -0.25) is 9.55 Å². The molecule has 1 aliphatic rings. The fraction of sp³-hybridized carbons (Fsp3) is 0.350. The first kappa shape index (κ1) is 18.6. The number of pyridine rings is 1. The highest BCUT2D eigenvalue weighted by Gasteiger charge is 2.53. The second-order valence-corrected chi connectivity index (χ2v) is 9.91.